The first-order chi connectivity index (χ1) is 8.50. The van der Waals surface area contributed by atoms with Crippen molar-refractivity contribution >= 4 is 5.97 Å². The predicted molar refractivity (Wildman–Crippen MR) is 69.3 cm³/mol. The fraction of sp³-hybridized carbons (Fsp3) is 0.571. The van der Waals surface area contributed by atoms with Crippen molar-refractivity contribution in [3.63, 3.8) is 0 Å². The van der Waals surface area contributed by atoms with E-state index in [9.17, 15) is 4.79 Å². The van der Waals surface area contributed by atoms with Gasteiger partial charge in [-0.05, 0) is 30.5 Å². The normalized spacial score (nSPS) is 18.8. The van der Waals surface area contributed by atoms with Gasteiger partial charge < -0.3 is 4.74 Å². The van der Waals surface area contributed by atoms with Gasteiger partial charge in [0.2, 0.25) is 0 Å². The Morgan fingerprint density at radius 2 is 2.28 bits per heavy atom. The minimum Gasteiger partial charge on any atom is -0.465 e. The molecule has 0 radical (unpaired) electrons. The van der Waals surface area contributed by atoms with E-state index >= 15 is 0 Å². The number of aromatic nitrogens is 1. The van der Waals surface area contributed by atoms with Gasteiger partial charge in [0, 0.05) is 19.3 Å². The van der Waals surface area contributed by atoms with Gasteiger partial charge in [-0.3, -0.25) is 9.88 Å². The van der Waals surface area contributed by atoms with E-state index in [4.69, 9.17) is 0 Å². The van der Waals surface area contributed by atoms with Crippen LogP contribution < -0.4 is 0 Å². The molecule has 1 aliphatic rings. The Bertz CT molecular complexity index is 426. The molecule has 1 saturated heterocycles. The van der Waals surface area contributed by atoms with Gasteiger partial charge in [0.05, 0.1) is 18.4 Å². The van der Waals surface area contributed by atoms with E-state index in [0.717, 1.165) is 25.3 Å². The Hall–Kier alpha value is -1.42. The summed E-state index contributed by atoms with van der Waals surface area (Å²) in [4.78, 5) is 18.0. The molecule has 1 aromatic rings. The van der Waals surface area contributed by atoms with Crippen molar-refractivity contribution < 1.29 is 9.53 Å². The molecule has 0 saturated carbocycles. The van der Waals surface area contributed by atoms with Crippen LogP contribution in [0, 0.1) is 5.41 Å². The molecule has 1 aromatic heterocycles. The lowest BCUT2D eigenvalue weighted by Crippen LogP contribution is -2.23. The van der Waals surface area contributed by atoms with Crippen LogP contribution in [0.1, 0.15) is 36.3 Å². The third kappa shape index (κ3) is 3.07. The maximum atomic E-state index is 11.3. The summed E-state index contributed by atoms with van der Waals surface area (Å²) in [5, 5.41) is 0. The van der Waals surface area contributed by atoms with E-state index in [-0.39, 0.29) is 5.97 Å². The molecule has 0 spiro atoms. The quantitative estimate of drug-likeness (QED) is 0.768. The molecule has 0 aromatic carbocycles. The second kappa shape index (κ2) is 5.06. The average molecular weight is 248 g/mol. The fourth-order valence-corrected chi connectivity index (χ4v) is 2.34. The lowest BCUT2D eigenvalue weighted by Gasteiger charge is -2.19. The fourth-order valence-electron chi connectivity index (χ4n) is 2.34. The van der Waals surface area contributed by atoms with Gasteiger partial charge in [0.15, 0.2) is 0 Å². The summed E-state index contributed by atoms with van der Waals surface area (Å²) in [7, 11) is 1.38. The van der Waals surface area contributed by atoms with Crippen LogP contribution in [0.15, 0.2) is 18.3 Å². The molecule has 18 heavy (non-hydrogen) atoms. The molecule has 2 heterocycles. The smallest absolute Gasteiger partial charge is 0.339 e. The minimum absolute atomic E-state index is 0.337. The number of ether oxygens (including phenoxy) is 1. The summed E-state index contributed by atoms with van der Waals surface area (Å²) < 4.78 is 4.65. The first-order valence-electron chi connectivity index (χ1n) is 6.26. The topological polar surface area (TPSA) is 42.4 Å². The molecule has 4 nitrogen and oxygen atoms in total. The highest BCUT2D eigenvalue weighted by atomic mass is 16.5. The lowest BCUT2D eigenvalue weighted by atomic mass is 9.93. The van der Waals surface area contributed by atoms with E-state index in [1.165, 1.54) is 13.5 Å². The van der Waals surface area contributed by atoms with Crippen molar-refractivity contribution in [2.45, 2.75) is 26.8 Å². The van der Waals surface area contributed by atoms with Gasteiger partial charge in [-0.25, -0.2) is 4.79 Å². The number of esters is 1. The first-order valence-corrected chi connectivity index (χ1v) is 6.26. The maximum Gasteiger partial charge on any atom is 0.339 e. The second-order valence-electron chi connectivity index (χ2n) is 5.65. The third-order valence-electron chi connectivity index (χ3n) is 3.39. The molecular formula is C14H20N2O2. The predicted octanol–water partition coefficient (Wildman–Crippen LogP) is 2.10. The summed E-state index contributed by atoms with van der Waals surface area (Å²) in [6, 6.07) is 3.67. The van der Waals surface area contributed by atoms with Crippen LogP contribution in [0.2, 0.25) is 0 Å². The minimum atomic E-state index is -0.337. The Morgan fingerprint density at radius 3 is 2.78 bits per heavy atom. The molecule has 0 aliphatic carbocycles. The molecule has 98 valence electrons. The highest BCUT2D eigenvalue weighted by Gasteiger charge is 2.29. The number of carbonyl (C=O) groups is 1. The molecule has 0 N–H and O–H groups in total. The van der Waals surface area contributed by atoms with Crippen LogP contribution >= 0.6 is 0 Å². The van der Waals surface area contributed by atoms with Crippen molar-refractivity contribution in [2.75, 3.05) is 20.2 Å². The van der Waals surface area contributed by atoms with E-state index in [0.29, 0.717) is 11.0 Å². The highest BCUT2D eigenvalue weighted by molar-refractivity contribution is 5.88. The monoisotopic (exact) mass is 248 g/mol. The van der Waals surface area contributed by atoms with Gasteiger partial charge in [-0.1, -0.05) is 13.8 Å². The van der Waals surface area contributed by atoms with Gasteiger partial charge in [-0.15, -0.1) is 0 Å². The van der Waals surface area contributed by atoms with Crippen LogP contribution in [0.25, 0.3) is 0 Å². The Balaban J connectivity index is 1.97. The van der Waals surface area contributed by atoms with Crippen molar-refractivity contribution in [1.82, 2.24) is 9.88 Å². The summed E-state index contributed by atoms with van der Waals surface area (Å²) in [5.74, 6) is -0.337. The van der Waals surface area contributed by atoms with Gasteiger partial charge in [0.1, 0.15) is 0 Å². The number of hydrogen-bond acceptors (Lipinski definition) is 4. The summed E-state index contributed by atoms with van der Waals surface area (Å²) in [6.45, 7) is 7.66. The zero-order valence-corrected chi connectivity index (χ0v) is 11.3. The van der Waals surface area contributed by atoms with Crippen LogP contribution in [0.3, 0.4) is 0 Å². The molecule has 2 rings (SSSR count). The SMILES string of the molecule is COC(=O)c1ccc(CN2CCC(C)(C)C2)nc1. The molecule has 4 heteroatoms. The number of carbonyl (C=O) groups excluding carboxylic acids is 1. The molecule has 0 amide bonds. The van der Waals surface area contributed by atoms with Crippen molar-refractivity contribution in [3.05, 3.63) is 29.6 Å². The Labute approximate surface area is 108 Å². The third-order valence-corrected chi connectivity index (χ3v) is 3.39. The zero-order chi connectivity index (χ0) is 13.2. The molecule has 1 fully saturated rings. The van der Waals surface area contributed by atoms with Crippen molar-refractivity contribution in [2.24, 2.45) is 5.41 Å². The average Bonchev–Trinajstić information content (AvgIpc) is 2.68. The largest absolute Gasteiger partial charge is 0.465 e. The molecule has 0 atom stereocenters. The second-order valence-corrected chi connectivity index (χ2v) is 5.65. The van der Waals surface area contributed by atoms with E-state index in [1.807, 2.05) is 6.07 Å². The Kier molecular flexibility index (Phi) is 3.66. The zero-order valence-electron chi connectivity index (χ0n) is 11.3. The standard InChI is InChI=1S/C14H20N2O2/c1-14(2)6-7-16(10-14)9-12-5-4-11(8-15-12)13(17)18-3/h4-5,8H,6-7,9-10H2,1-3H3. The van der Waals surface area contributed by atoms with Crippen LogP contribution in [-0.4, -0.2) is 36.1 Å². The summed E-state index contributed by atoms with van der Waals surface area (Å²) in [6.07, 6.45) is 2.82. The number of nitrogens with zero attached hydrogens (tertiary/aromatic N) is 2. The highest BCUT2D eigenvalue weighted by Crippen LogP contribution is 2.29. The van der Waals surface area contributed by atoms with Crippen LogP contribution in [0.5, 0.6) is 0 Å². The maximum absolute atomic E-state index is 11.3. The van der Waals surface area contributed by atoms with E-state index in [1.54, 1.807) is 12.3 Å². The van der Waals surface area contributed by atoms with Crippen LogP contribution in [-0.2, 0) is 11.3 Å². The van der Waals surface area contributed by atoms with Gasteiger partial charge in [-0.2, -0.15) is 0 Å². The Morgan fingerprint density at radius 1 is 1.50 bits per heavy atom. The van der Waals surface area contributed by atoms with E-state index in [2.05, 4.69) is 28.5 Å². The van der Waals surface area contributed by atoms with E-state index < -0.39 is 0 Å². The summed E-state index contributed by atoms with van der Waals surface area (Å²) >= 11 is 0. The number of rotatable bonds is 3. The number of pyridine rings is 1. The molecule has 0 bridgehead atoms. The number of hydrogen-bond donors (Lipinski definition) is 0. The van der Waals surface area contributed by atoms with Crippen molar-refractivity contribution in [3.8, 4) is 0 Å². The van der Waals surface area contributed by atoms with Gasteiger partial charge >= 0.3 is 5.97 Å². The summed E-state index contributed by atoms with van der Waals surface area (Å²) in [5.41, 5.74) is 1.91. The van der Waals surface area contributed by atoms with Crippen molar-refractivity contribution in [1.29, 1.82) is 0 Å². The first kappa shape index (κ1) is 13.0. The molecular weight excluding hydrogens is 228 g/mol. The van der Waals surface area contributed by atoms with Crippen LogP contribution in [0.4, 0.5) is 0 Å². The molecule has 1 aliphatic heterocycles. The van der Waals surface area contributed by atoms with Gasteiger partial charge in [0.25, 0.3) is 0 Å². The number of methoxy groups -OCH3 is 1. The number of likely N-dealkylation sites (tertiary alicyclic amines) is 1. The molecule has 0 unspecified atom stereocenters. The lowest BCUT2D eigenvalue weighted by molar-refractivity contribution is 0.0600.